The lowest BCUT2D eigenvalue weighted by Crippen LogP contribution is -2.49. The Morgan fingerprint density at radius 3 is 2.09 bits per heavy atom. The highest BCUT2D eigenvalue weighted by Crippen LogP contribution is 2.22. The van der Waals surface area contributed by atoms with Crippen LogP contribution >= 0.6 is 0 Å². The molecule has 8 heteroatoms. The zero-order valence-corrected chi connectivity index (χ0v) is 15.1. The molecule has 0 spiro atoms. The van der Waals surface area contributed by atoms with E-state index in [1.807, 2.05) is 24.3 Å². The van der Waals surface area contributed by atoms with Crippen molar-refractivity contribution < 1.29 is 17.5 Å². The third kappa shape index (κ3) is 6.17. The molecule has 0 unspecified atom stereocenters. The second-order valence-electron chi connectivity index (χ2n) is 6.32. The first-order valence-corrected chi connectivity index (χ1v) is 9.09. The molecule has 0 aliphatic rings. The molecule has 0 atom stereocenters. The van der Waals surface area contributed by atoms with Crippen molar-refractivity contribution in [1.82, 2.24) is 10.2 Å². The van der Waals surface area contributed by atoms with Crippen LogP contribution in [0.4, 0.5) is 4.79 Å². The number of hydrogen-bond acceptors (Lipinski definition) is 5. The number of nitrogens with zero attached hydrogens (tertiary/aromatic N) is 2. The van der Waals surface area contributed by atoms with Gasteiger partial charge in [0.2, 0.25) is 0 Å². The van der Waals surface area contributed by atoms with Gasteiger partial charge >= 0.3 is 6.03 Å². The topological polar surface area (TPSA) is 92.9 Å². The van der Waals surface area contributed by atoms with Gasteiger partial charge in [0.15, 0.2) is 0 Å². The number of rotatable bonds is 6. The third-order valence-corrected chi connectivity index (χ3v) is 3.61. The largest absolute Gasteiger partial charge is 0.355 e. The lowest BCUT2D eigenvalue weighted by Gasteiger charge is -2.30. The quantitative estimate of drug-likeness (QED) is 0.797. The number of carbonyl (C=O) groups is 1. The number of hydroxylamine groups is 1. The smallest absolute Gasteiger partial charge is 0.348 e. The van der Waals surface area contributed by atoms with Crippen LogP contribution < -0.4 is 5.73 Å². The van der Waals surface area contributed by atoms with E-state index in [1.54, 1.807) is 6.92 Å². The van der Waals surface area contributed by atoms with Crippen molar-refractivity contribution in [3.63, 3.8) is 0 Å². The minimum absolute atomic E-state index is 0.0433. The van der Waals surface area contributed by atoms with Crippen LogP contribution in [-0.4, -0.2) is 37.4 Å². The maximum absolute atomic E-state index is 11.5. The number of urea groups is 1. The lowest BCUT2D eigenvalue weighted by molar-refractivity contribution is -0.170. The molecule has 0 aliphatic carbocycles. The van der Waals surface area contributed by atoms with Crippen molar-refractivity contribution in [3.8, 4) is 0 Å². The van der Waals surface area contributed by atoms with Crippen molar-refractivity contribution in [1.29, 1.82) is 0 Å². The number of benzene rings is 1. The van der Waals surface area contributed by atoms with E-state index >= 15 is 0 Å². The molecule has 7 nitrogen and oxygen atoms in total. The zero-order valence-electron chi connectivity index (χ0n) is 14.2. The highest BCUT2D eigenvalue weighted by molar-refractivity contribution is 7.85. The average Bonchev–Trinajstić information content (AvgIpc) is 2.41. The van der Waals surface area contributed by atoms with E-state index < -0.39 is 16.1 Å². The molecule has 0 aromatic heterocycles. The predicted octanol–water partition coefficient (Wildman–Crippen LogP) is 1.99. The number of hydrogen-bond donors (Lipinski definition) is 1. The molecular weight excluding hydrogens is 318 g/mol. The van der Waals surface area contributed by atoms with E-state index in [1.165, 1.54) is 10.6 Å². The van der Waals surface area contributed by atoms with Gasteiger partial charge in [-0.05, 0) is 16.5 Å². The van der Waals surface area contributed by atoms with Gasteiger partial charge < -0.3 is 5.73 Å². The zero-order chi connectivity index (χ0) is 17.8. The molecule has 2 amide bonds. The molecule has 130 valence electrons. The number of nitrogens with two attached hydrogens (primary N) is 1. The fourth-order valence-electron chi connectivity index (χ4n) is 1.98. The summed E-state index contributed by atoms with van der Waals surface area (Å²) in [7, 11) is -3.86. The second kappa shape index (κ2) is 7.29. The van der Waals surface area contributed by atoms with Crippen molar-refractivity contribution in [2.75, 3.05) is 12.8 Å². The Labute approximate surface area is 138 Å². The van der Waals surface area contributed by atoms with E-state index in [9.17, 15) is 13.2 Å². The van der Waals surface area contributed by atoms with Gasteiger partial charge in [0, 0.05) is 13.1 Å². The Kier molecular flexibility index (Phi) is 6.15. The van der Waals surface area contributed by atoms with Gasteiger partial charge in [-0.15, -0.1) is 9.46 Å². The minimum Gasteiger partial charge on any atom is -0.348 e. The molecule has 0 fully saturated rings. The average molecular weight is 343 g/mol. The van der Waals surface area contributed by atoms with Crippen LogP contribution in [-0.2, 0) is 26.4 Å². The Hall–Kier alpha value is -1.64. The molecule has 23 heavy (non-hydrogen) atoms. The first-order valence-electron chi connectivity index (χ1n) is 7.27. The Bertz CT molecular complexity index is 636. The van der Waals surface area contributed by atoms with Crippen LogP contribution in [0.3, 0.4) is 0 Å². The monoisotopic (exact) mass is 343 g/mol. The van der Waals surface area contributed by atoms with E-state index in [4.69, 9.17) is 5.73 Å². The number of carbonyl (C=O) groups excluding carboxylic acids is 1. The summed E-state index contributed by atoms with van der Waals surface area (Å²) in [6, 6.07) is 6.89. The van der Waals surface area contributed by atoms with Gasteiger partial charge in [-0.25, -0.2) is 4.79 Å². The van der Waals surface area contributed by atoms with E-state index in [-0.39, 0.29) is 5.41 Å². The normalized spacial score (nSPS) is 12.4. The second-order valence-corrected chi connectivity index (χ2v) is 7.87. The van der Waals surface area contributed by atoms with Crippen LogP contribution in [0, 0.1) is 0 Å². The van der Waals surface area contributed by atoms with Crippen molar-refractivity contribution in [2.45, 2.75) is 39.7 Å². The molecule has 0 heterocycles. The molecule has 1 aromatic rings. The predicted molar refractivity (Wildman–Crippen MR) is 88.6 cm³/mol. The summed E-state index contributed by atoms with van der Waals surface area (Å²) in [6.45, 7) is 8.77. The molecular formula is C15H25N3O4S. The van der Waals surface area contributed by atoms with Gasteiger partial charge in [-0.3, -0.25) is 0 Å². The highest BCUT2D eigenvalue weighted by Gasteiger charge is 2.24. The molecule has 0 saturated heterocycles. The van der Waals surface area contributed by atoms with Crippen molar-refractivity contribution in [2.24, 2.45) is 5.73 Å². The van der Waals surface area contributed by atoms with Crippen LogP contribution in [0.25, 0.3) is 0 Å². The highest BCUT2D eigenvalue weighted by atomic mass is 32.2. The summed E-state index contributed by atoms with van der Waals surface area (Å²) in [4.78, 5) is 11.5. The molecule has 0 radical (unpaired) electrons. The third-order valence-electron chi connectivity index (χ3n) is 3.20. The molecule has 1 aromatic carbocycles. The van der Waals surface area contributed by atoms with Crippen molar-refractivity contribution in [3.05, 3.63) is 35.4 Å². The summed E-state index contributed by atoms with van der Waals surface area (Å²) in [6.07, 6.45) is 0.856. The van der Waals surface area contributed by atoms with Gasteiger partial charge in [-0.2, -0.15) is 13.4 Å². The van der Waals surface area contributed by atoms with Gasteiger partial charge in [0.25, 0.3) is 10.1 Å². The number of amides is 2. The minimum atomic E-state index is -3.86. The summed E-state index contributed by atoms with van der Waals surface area (Å²) >= 11 is 0. The van der Waals surface area contributed by atoms with Crippen LogP contribution in [0.15, 0.2) is 24.3 Å². The Balaban J connectivity index is 2.95. The van der Waals surface area contributed by atoms with Gasteiger partial charge in [0.05, 0.1) is 6.26 Å². The first kappa shape index (κ1) is 19.4. The molecule has 2 N–H and O–H groups in total. The molecule has 0 bridgehead atoms. The summed E-state index contributed by atoms with van der Waals surface area (Å²) < 4.78 is 27.2. The maximum Gasteiger partial charge on any atom is 0.355 e. The maximum atomic E-state index is 11.5. The van der Waals surface area contributed by atoms with E-state index in [2.05, 4.69) is 25.1 Å². The summed E-state index contributed by atoms with van der Waals surface area (Å²) in [5.74, 6) is 0. The lowest BCUT2D eigenvalue weighted by atomic mass is 9.87. The van der Waals surface area contributed by atoms with Crippen LogP contribution in [0.2, 0.25) is 0 Å². The van der Waals surface area contributed by atoms with Crippen molar-refractivity contribution >= 4 is 16.1 Å². The Morgan fingerprint density at radius 1 is 1.22 bits per heavy atom. The van der Waals surface area contributed by atoms with Gasteiger partial charge in [-0.1, -0.05) is 52.0 Å². The summed E-state index contributed by atoms with van der Waals surface area (Å²) in [5, 5.41) is 1.99. The summed E-state index contributed by atoms with van der Waals surface area (Å²) in [5.41, 5.74) is 7.34. The fourth-order valence-corrected chi connectivity index (χ4v) is 2.40. The van der Waals surface area contributed by atoms with Crippen LogP contribution in [0.1, 0.15) is 38.8 Å². The number of hydrazine groups is 1. The van der Waals surface area contributed by atoms with Gasteiger partial charge in [0.1, 0.15) is 0 Å². The van der Waals surface area contributed by atoms with E-state index in [0.29, 0.717) is 18.3 Å². The molecule has 1 rings (SSSR count). The van der Waals surface area contributed by atoms with Crippen LogP contribution in [0.5, 0.6) is 0 Å². The SMILES string of the molecule is CCN(Cc1ccc(C(C)(C)C)cc1)N(OS(C)(=O)=O)C(N)=O. The fraction of sp³-hybridized carbons (Fsp3) is 0.533. The first-order chi connectivity index (χ1) is 10.4. The standard InChI is InChI=1S/C15H25N3O4S/c1-6-17(18(14(16)19)22-23(5,20)21)11-12-7-9-13(10-8-12)15(2,3)4/h7-10H,6,11H2,1-5H3,(H2,16,19). The molecule has 0 saturated carbocycles. The van der Waals surface area contributed by atoms with E-state index in [0.717, 1.165) is 11.8 Å². The Morgan fingerprint density at radius 2 is 1.74 bits per heavy atom. The number of primary amides is 1. The molecule has 0 aliphatic heterocycles.